The molecule has 13 heteroatoms. The normalized spacial score (nSPS) is 17.5. The molecule has 1 aromatic carbocycles. The highest BCUT2D eigenvalue weighted by molar-refractivity contribution is 7.09. The maximum Gasteiger partial charge on any atom is 0.307 e. The molecule has 0 bridgehead atoms. The van der Waals surface area contributed by atoms with E-state index in [0.717, 1.165) is 31.4 Å². The highest BCUT2D eigenvalue weighted by Crippen LogP contribution is 2.32. The van der Waals surface area contributed by atoms with E-state index in [2.05, 4.69) is 29.5 Å². The van der Waals surface area contributed by atoms with Crippen molar-refractivity contribution in [3.63, 3.8) is 0 Å². The van der Waals surface area contributed by atoms with Crippen molar-refractivity contribution in [3.8, 4) is 0 Å². The molecular weight excluding hydrogens is 731 g/mol. The molecule has 0 aliphatic carbocycles. The highest BCUT2D eigenvalue weighted by atomic mass is 32.1. The lowest BCUT2D eigenvalue weighted by Crippen LogP contribution is -2.59. The number of piperidine rings is 1. The SMILES string of the molecule is CCC(C)C(NC(=O)C1CCCCN1C)C(=O)N(COC(=O)CC(C)C)C(CC(OC(C)=O)c1nc(C(=O)NC(Cc2ccccc2)CC(C)C)cs1)C(C)C. The topological polar surface area (TPSA) is 147 Å². The van der Waals surface area contributed by atoms with Crippen LogP contribution in [-0.4, -0.2) is 88.9 Å². The van der Waals surface area contributed by atoms with Crippen molar-refractivity contribution < 1.29 is 33.4 Å². The van der Waals surface area contributed by atoms with E-state index in [9.17, 15) is 24.0 Å². The summed E-state index contributed by atoms with van der Waals surface area (Å²) in [5.41, 5.74) is 1.34. The van der Waals surface area contributed by atoms with Crippen LogP contribution in [0.3, 0.4) is 0 Å². The van der Waals surface area contributed by atoms with Gasteiger partial charge in [0.2, 0.25) is 11.8 Å². The third-order valence-corrected chi connectivity index (χ3v) is 11.4. The van der Waals surface area contributed by atoms with Crippen LogP contribution < -0.4 is 10.6 Å². The molecule has 0 radical (unpaired) electrons. The third kappa shape index (κ3) is 14.6. The molecule has 3 amide bonds. The molecule has 2 heterocycles. The summed E-state index contributed by atoms with van der Waals surface area (Å²) in [4.78, 5) is 75.8. The van der Waals surface area contributed by atoms with Crippen LogP contribution in [0.4, 0.5) is 0 Å². The van der Waals surface area contributed by atoms with Crippen LogP contribution in [-0.2, 0) is 35.1 Å². The van der Waals surface area contributed by atoms with Crippen LogP contribution in [0.25, 0.3) is 0 Å². The number of thiazole rings is 1. The molecule has 1 fully saturated rings. The lowest BCUT2D eigenvalue weighted by atomic mass is 9.92. The Hall–Kier alpha value is -3.84. The second kappa shape index (κ2) is 22.8. The summed E-state index contributed by atoms with van der Waals surface area (Å²) < 4.78 is 11.6. The van der Waals surface area contributed by atoms with Gasteiger partial charge in [0.05, 0.1) is 6.04 Å². The van der Waals surface area contributed by atoms with E-state index in [-0.39, 0.29) is 72.8 Å². The minimum absolute atomic E-state index is 0.0517. The monoisotopic (exact) mass is 797 g/mol. The average molecular weight is 798 g/mol. The van der Waals surface area contributed by atoms with Gasteiger partial charge in [0.1, 0.15) is 16.7 Å². The molecular formula is C43H67N5O7S. The van der Waals surface area contributed by atoms with Crippen molar-refractivity contribution in [1.29, 1.82) is 0 Å². The number of nitrogens with zero attached hydrogens (tertiary/aromatic N) is 3. The van der Waals surface area contributed by atoms with Gasteiger partial charge in [0, 0.05) is 37.2 Å². The summed E-state index contributed by atoms with van der Waals surface area (Å²) in [7, 11) is 1.93. The first-order valence-electron chi connectivity index (χ1n) is 20.4. The van der Waals surface area contributed by atoms with E-state index in [0.29, 0.717) is 30.2 Å². The molecule has 2 N–H and O–H groups in total. The highest BCUT2D eigenvalue weighted by Gasteiger charge is 2.39. The molecule has 6 unspecified atom stereocenters. The second-order valence-electron chi connectivity index (χ2n) is 16.6. The second-order valence-corrected chi connectivity index (χ2v) is 17.5. The van der Waals surface area contributed by atoms with E-state index in [1.165, 1.54) is 23.2 Å². The van der Waals surface area contributed by atoms with Gasteiger partial charge in [-0.15, -0.1) is 11.3 Å². The van der Waals surface area contributed by atoms with Crippen LogP contribution in [0, 0.1) is 23.7 Å². The Morgan fingerprint density at radius 3 is 2.25 bits per heavy atom. The Labute approximate surface area is 338 Å². The van der Waals surface area contributed by atoms with E-state index in [1.54, 1.807) is 5.38 Å². The van der Waals surface area contributed by atoms with Crippen molar-refractivity contribution in [2.45, 2.75) is 144 Å². The van der Waals surface area contributed by atoms with Gasteiger partial charge in [0.25, 0.3) is 5.91 Å². The zero-order chi connectivity index (χ0) is 41.5. The number of hydrogen-bond acceptors (Lipinski definition) is 10. The molecule has 3 rings (SSSR count). The first-order valence-corrected chi connectivity index (χ1v) is 21.3. The minimum atomic E-state index is -0.906. The summed E-state index contributed by atoms with van der Waals surface area (Å²) in [6.07, 6.45) is 4.12. The fraction of sp³-hybridized carbons (Fsp3) is 0.674. The predicted molar refractivity (Wildman–Crippen MR) is 220 cm³/mol. The van der Waals surface area contributed by atoms with Gasteiger partial charge in [-0.1, -0.05) is 98.6 Å². The Balaban J connectivity index is 1.95. The van der Waals surface area contributed by atoms with Gasteiger partial charge < -0.3 is 25.0 Å². The van der Waals surface area contributed by atoms with E-state index in [4.69, 9.17) is 9.47 Å². The van der Waals surface area contributed by atoms with Crippen LogP contribution in [0.5, 0.6) is 0 Å². The molecule has 1 aliphatic rings. The van der Waals surface area contributed by atoms with E-state index >= 15 is 0 Å². The zero-order valence-electron chi connectivity index (χ0n) is 35.3. The Kier molecular flexibility index (Phi) is 18.9. The molecule has 6 atom stereocenters. The number of likely N-dealkylation sites (N-methyl/N-ethyl adjacent to an activating group) is 1. The lowest BCUT2D eigenvalue weighted by molar-refractivity contribution is -0.160. The van der Waals surface area contributed by atoms with Gasteiger partial charge in [-0.3, -0.25) is 28.9 Å². The number of esters is 2. The summed E-state index contributed by atoms with van der Waals surface area (Å²) >= 11 is 1.21. The predicted octanol–water partition coefficient (Wildman–Crippen LogP) is 6.94. The summed E-state index contributed by atoms with van der Waals surface area (Å²) in [5, 5.41) is 8.33. The Bertz CT molecular complexity index is 1560. The fourth-order valence-corrected chi connectivity index (χ4v) is 8.05. The Morgan fingerprint density at radius 2 is 1.66 bits per heavy atom. The fourth-order valence-electron chi connectivity index (χ4n) is 7.21. The third-order valence-electron chi connectivity index (χ3n) is 10.5. The smallest absolute Gasteiger partial charge is 0.307 e. The van der Waals surface area contributed by atoms with Gasteiger partial charge in [0.15, 0.2) is 12.8 Å². The summed E-state index contributed by atoms with van der Waals surface area (Å²) in [5.74, 6) is -1.90. The number of amides is 3. The van der Waals surface area contributed by atoms with Gasteiger partial charge >= 0.3 is 11.9 Å². The van der Waals surface area contributed by atoms with Crippen LogP contribution >= 0.6 is 11.3 Å². The number of benzene rings is 1. The van der Waals surface area contributed by atoms with Crippen molar-refractivity contribution >= 4 is 41.0 Å². The molecule has 0 spiro atoms. The largest absolute Gasteiger partial charge is 0.455 e. The van der Waals surface area contributed by atoms with Gasteiger partial charge in [-0.2, -0.15) is 0 Å². The summed E-state index contributed by atoms with van der Waals surface area (Å²) in [6, 6.07) is 8.07. The van der Waals surface area contributed by atoms with Crippen molar-refractivity contribution in [2.24, 2.45) is 23.7 Å². The molecule has 1 aliphatic heterocycles. The molecule has 56 heavy (non-hydrogen) atoms. The van der Waals surface area contributed by atoms with Crippen LogP contribution in [0.1, 0.15) is 134 Å². The Morgan fingerprint density at radius 1 is 0.964 bits per heavy atom. The maximum absolute atomic E-state index is 14.8. The standard InChI is InChI=1S/C43H67N5O7S/c1-11-30(8)39(46-41(52)35-19-15-16-20-47(35)10)43(53)48(26-54-38(50)22-28(4)5)36(29(6)7)24-37(55-31(9)49)42-45-34(25-56-42)40(51)44-33(21-27(2)3)23-32-17-13-12-14-18-32/h12-14,17-18,25,27-30,33,35-37,39H,11,15-16,19-24,26H2,1-10H3,(H,44,51)(H,46,52). The van der Waals surface area contributed by atoms with Crippen molar-refractivity contribution in [2.75, 3.05) is 20.3 Å². The summed E-state index contributed by atoms with van der Waals surface area (Å²) in [6.45, 7) is 17.6. The number of aromatic nitrogens is 1. The minimum Gasteiger partial charge on any atom is -0.455 e. The number of rotatable bonds is 21. The molecule has 0 saturated carbocycles. The van der Waals surface area contributed by atoms with Gasteiger partial charge in [-0.05, 0) is 68.5 Å². The van der Waals surface area contributed by atoms with E-state index in [1.807, 2.05) is 83.8 Å². The number of likely N-dealkylation sites (tertiary alicyclic amines) is 1. The zero-order valence-corrected chi connectivity index (χ0v) is 36.2. The number of carbonyl (C=O) groups excluding carboxylic acids is 5. The number of hydrogen-bond donors (Lipinski definition) is 2. The molecule has 12 nitrogen and oxygen atoms in total. The van der Waals surface area contributed by atoms with Gasteiger partial charge in [-0.25, -0.2) is 4.98 Å². The molecule has 1 aromatic heterocycles. The van der Waals surface area contributed by atoms with Crippen molar-refractivity contribution in [1.82, 2.24) is 25.4 Å². The van der Waals surface area contributed by atoms with Crippen molar-refractivity contribution in [3.05, 3.63) is 52.0 Å². The average Bonchev–Trinajstić information content (AvgIpc) is 3.63. The number of ether oxygens (including phenoxy) is 2. The van der Waals surface area contributed by atoms with E-state index < -0.39 is 30.1 Å². The first-order chi connectivity index (χ1) is 26.5. The molecule has 312 valence electrons. The maximum atomic E-state index is 14.8. The molecule has 1 saturated heterocycles. The lowest BCUT2D eigenvalue weighted by Gasteiger charge is -2.39. The van der Waals surface area contributed by atoms with Crippen LogP contribution in [0.2, 0.25) is 0 Å². The quantitative estimate of drug-likeness (QED) is 0.101. The molecule has 2 aromatic rings. The number of nitrogens with one attached hydrogen (secondary N) is 2. The first kappa shape index (κ1) is 46.5. The van der Waals surface area contributed by atoms with Crippen LogP contribution in [0.15, 0.2) is 35.7 Å². The number of carbonyl (C=O) groups is 5.